The molecule has 0 aliphatic carbocycles. The van der Waals surface area contributed by atoms with E-state index < -0.39 is 0 Å². The highest BCUT2D eigenvalue weighted by atomic mass is 15.6. The quantitative estimate of drug-likeness (QED) is 0.729. The van der Waals surface area contributed by atoms with Gasteiger partial charge in [0.15, 0.2) is 0 Å². The van der Waals surface area contributed by atoms with Gasteiger partial charge >= 0.3 is 0 Å². The number of rotatable bonds is 4. The normalized spacial score (nSPS) is 10.5. The van der Waals surface area contributed by atoms with Gasteiger partial charge in [-0.15, -0.1) is 10.2 Å². The third-order valence-electron chi connectivity index (χ3n) is 2.64. The highest BCUT2D eigenvalue weighted by Crippen LogP contribution is 2.11. The number of aromatic nitrogens is 8. The average Bonchev–Trinajstić information content (AvgIpc) is 3.10. The van der Waals surface area contributed by atoms with Crippen LogP contribution in [0.5, 0.6) is 0 Å². The van der Waals surface area contributed by atoms with Crippen molar-refractivity contribution >= 4 is 6.08 Å². The number of hydrogen-bond donors (Lipinski definition) is 1. The molecule has 8 heteroatoms. The third-order valence-corrected chi connectivity index (χ3v) is 2.64. The molecule has 1 N–H and O–H groups in total. The van der Waals surface area contributed by atoms with Crippen LogP contribution in [0.25, 0.3) is 17.7 Å². The van der Waals surface area contributed by atoms with E-state index in [0.29, 0.717) is 18.2 Å². The lowest BCUT2D eigenvalue weighted by Gasteiger charge is -2.03. The molecule has 0 radical (unpaired) electrons. The highest BCUT2D eigenvalue weighted by molar-refractivity contribution is 5.47. The van der Waals surface area contributed by atoms with Crippen LogP contribution in [0.2, 0.25) is 0 Å². The fourth-order valence-corrected chi connectivity index (χ4v) is 1.67. The van der Waals surface area contributed by atoms with Gasteiger partial charge in [-0.2, -0.15) is 0 Å². The molecule has 1 aromatic carbocycles. The molecule has 0 atom stereocenters. The van der Waals surface area contributed by atoms with Gasteiger partial charge in [0.05, 0.1) is 6.54 Å². The Labute approximate surface area is 108 Å². The van der Waals surface area contributed by atoms with Crippen molar-refractivity contribution in [1.29, 1.82) is 0 Å². The molecular weight excluding hydrogens is 244 g/mol. The summed E-state index contributed by atoms with van der Waals surface area (Å²) in [5.74, 6) is 0.936. The van der Waals surface area contributed by atoms with E-state index in [1.54, 1.807) is 10.8 Å². The zero-order valence-corrected chi connectivity index (χ0v) is 9.93. The maximum Gasteiger partial charge on any atom is 0.221 e. The molecule has 2 heterocycles. The summed E-state index contributed by atoms with van der Waals surface area (Å²) in [7, 11) is 0. The monoisotopic (exact) mass is 254 g/mol. The largest absolute Gasteiger partial charge is 0.236 e. The lowest BCUT2D eigenvalue weighted by atomic mass is 10.1. The molecule has 3 aromatic rings. The van der Waals surface area contributed by atoms with E-state index in [9.17, 15) is 0 Å². The first kappa shape index (κ1) is 11.2. The van der Waals surface area contributed by atoms with E-state index in [-0.39, 0.29) is 0 Å². The molecule has 0 amide bonds. The Morgan fingerprint density at radius 3 is 2.68 bits per heavy atom. The smallest absolute Gasteiger partial charge is 0.221 e. The fourth-order valence-electron chi connectivity index (χ4n) is 1.67. The second kappa shape index (κ2) is 4.77. The van der Waals surface area contributed by atoms with Gasteiger partial charge in [-0.3, -0.25) is 0 Å². The second-order valence-electron chi connectivity index (χ2n) is 3.86. The van der Waals surface area contributed by atoms with E-state index in [4.69, 9.17) is 0 Å². The van der Waals surface area contributed by atoms with Crippen molar-refractivity contribution in [2.75, 3.05) is 0 Å². The van der Waals surface area contributed by atoms with Gasteiger partial charge in [0.2, 0.25) is 11.6 Å². The summed E-state index contributed by atoms with van der Waals surface area (Å²) in [4.78, 5) is 0. The maximum absolute atomic E-state index is 3.93. The number of hydrogen-bond acceptors (Lipinski definition) is 6. The van der Waals surface area contributed by atoms with Crippen LogP contribution in [-0.4, -0.2) is 40.8 Å². The SMILES string of the molecule is C=Cc1ccc(Cn2nnnc2-c2nnn[nH]2)cc1. The Morgan fingerprint density at radius 2 is 2.00 bits per heavy atom. The summed E-state index contributed by atoms with van der Waals surface area (Å²) in [6.07, 6.45) is 1.80. The predicted octanol–water partition coefficient (Wildman–Crippen LogP) is 0.544. The van der Waals surface area contributed by atoms with Crippen LogP contribution in [0.15, 0.2) is 30.8 Å². The molecule has 0 fully saturated rings. The summed E-state index contributed by atoms with van der Waals surface area (Å²) < 4.78 is 1.63. The molecule has 94 valence electrons. The van der Waals surface area contributed by atoms with Gasteiger partial charge in [0.1, 0.15) is 0 Å². The van der Waals surface area contributed by atoms with Crippen molar-refractivity contribution in [3.05, 3.63) is 42.0 Å². The van der Waals surface area contributed by atoms with Gasteiger partial charge in [-0.1, -0.05) is 36.9 Å². The van der Waals surface area contributed by atoms with E-state index in [1.807, 2.05) is 24.3 Å². The summed E-state index contributed by atoms with van der Waals surface area (Å²) >= 11 is 0. The Balaban J connectivity index is 1.87. The van der Waals surface area contributed by atoms with Crippen molar-refractivity contribution in [1.82, 2.24) is 40.8 Å². The van der Waals surface area contributed by atoms with E-state index >= 15 is 0 Å². The molecule has 0 saturated heterocycles. The Bertz CT molecular complexity index is 667. The van der Waals surface area contributed by atoms with E-state index in [0.717, 1.165) is 11.1 Å². The molecule has 0 bridgehead atoms. The summed E-state index contributed by atoms with van der Waals surface area (Å²) in [6, 6.07) is 7.98. The van der Waals surface area contributed by atoms with Gasteiger partial charge in [0.25, 0.3) is 0 Å². The lowest BCUT2D eigenvalue weighted by molar-refractivity contribution is 0.651. The van der Waals surface area contributed by atoms with Crippen LogP contribution in [0.1, 0.15) is 11.1 Å². The van der Waals surface area contributed by atoms with Crippen molar-refractivity contribution in [2.24, 2.45) is 0 Å². The summed E-state index contributed by atoms with van der Waals surface area (Å²) in [6.45, 7) is 4.26. The van der Waals surface area contributed by atoms with E-state index in [1.165, 1.54) is 0 Å². The Morgan fingerprint density at radius 1 is 1.16 bits per heavy atom. The molecule has 0 aliphatic rings. The fraction of sp³-hybridized carbons (Fsp3) is 0.0909. The standard InChI is InChI=1S/C11H10N8/c1-2-8-3-5-9(6-4-8)7-19-11(14-17-18-19)10-12-15-16-13-10/h2-6H,1,7H2,(H,12,13,15,16). The first-order valence-corrected chi connectivity index (χ1v) is 5.58. The van der Waals surface area contributed by atoms with Gasteiger partial charge in [-0.25, -0.2) is 9.78 Å². The van der Waals surface area contributed by atoms with Crippen LogP contribution in [-0.2, 0) is 6.54 Å². The van der Waals surface area contributed by atoms with Crippen LogP contribution in [0, 0.1) is 0 Å². The molecule has 3 rings (SSSR count). The van der Waals surface area contributed by atoms with Gasteiger partial charge < -0.3 is 0 Å². The molecule has 8 nitrogen and oxygen atoms in total. The first-order chi connectivity index (χ1) is 9.36. The molecular formula is C11H10N8. The van der Waals surface area contributed by atoms with Crippen LogP contribution >= 0.6 is 0 Å². The minimum atomic E-state index is 0.438. The van der Waals surface area contributed by atoms with Gasteiger partial charge in [-0.05, 0) is 32.0 Å². The Kier molecular flexibility index (Phi) is 2.81. The first-order valence-electron chi connectivity index (χ1n) is 5.58. The topological polar surface area (TPSA) is 98.1 Å². The van der Waals surface area contributed by atoms with Crippen LogP contribution < -0.4 is 0 Å². The number of nitrogens with zero attached hydrogens (tertiary/aromatic N) is 7. The van der Waals surface area contributed by atoms with Crippen molar-refractivity contribution in [3.63, 3.8) is 0 Å². The average molecular weight is 254 g/mol. The predicted molar refractivity (Wildman–Crippen MR) is 66.6 cm³/mol. The number of aromatic amines is 1. The zero-order chi connectivity index (χ0) is 13.1. The molecule has 0 spiro atoms. The minimum absolute atomic E-state index is 0.438. The number of benzene rings is 1. The third kappa shape index (κ3) is 2.23. The van der Waals surface area contributed by atoms with Crippen molar-refractivity contribution in [3.8, 4) is 11.6 Å². The zero-order valence-electron chi connectivity index (χ0n) is 9.93. The number of nitrogens with one attached hydrogen (secondary N) is 1. The Hall–Kier alpha value is -2.90. The summed E-state index contributed by atoms with van der Waals surface area (Å²) in [5, 5.41) is 24.9. The molecule has 0 saturated carbocycles. The molecule has 0 aliphatic heterocycles. The van der Waals surface area contributed by atoms with Crippen LogP contribution in [0.4, 0.5) is 0 Å². The minimum Gasteiger partial charge on any atom is -0.236 e. The maximum atomic E-state index is 3.93. The summed E-state index contributed by atoms with van der Waals surface area (Å²) in [5.41, 5.74) is 2.15. The highest BCUT2D eigenvalue weighted by Gasteiger charge is 2.12. The van der Waals surface area contributed by atoms with Gasteiger partial charge in [0, 0.05) is 0 Å². The lowest BCUT2D eigenvalue weighted by Crippen LogP contribution is -2.05. The number of tetrazole rings is 2. The second-order valence-corrected chi connectivity index (χ2v) is 3.86. The van der Waals surface area contributed by atoms with Crippen LogP contribution in [0.3, 0.4) is 0 Å². The molecule has 0 unspecified atom stereocenters. The molecule has 19 heavy (non-hydrogen) atoms. The molecule has 2 aromatic heterocycles. The number of H-pyrrole nitrogens is 1. The van der Waals surface area contributed by atoms with Crippen molar-refractivity contribution in [2.45, 2.75) is 6.54 Å². The van der Waals surface area contributed by atoms with E-state index in [2.05, 4.69) is 42.7 Å². The van der Waals surface area contributed by atoms with Crippen molar-refractivity contribution < 1.29 is 0 Å².